The highest BCUT2D eigenvalue weighted by Gasteiger charge is 2.29. The molecule has 0 aromatic heterocycles. The third kappa shape index (κ3) is 3.29. The first kappa shape index (κ1) is 11.5. The van der Waals surface area contributed by atoms with Gasteiger partial charge in [0.2, 0.25) is 0 Å². The zero-order valence-corrected chi connectivity index (χ0v) is 9.29. The molecular formula is C11H21NO2. The van der Waals surface area contributed by atoms with Crippen LogP contribution in [0.4, 0.5) is 0 Å². The van der Waals surface area contributed by atoms with Crippen molar-refractivity contribution in [3.8, 4) is 0 Å². The van der Waals surface area contributed by atoms with E-state index < -0.39 is 5.97 Å². The van der Waals surface area contributed by atoms with E-state index in [1.54, 1.807) is 0 Å². The molecule has 82 valence electrons. The van der Waals surface area contributed by atoms with Crippen LogP contribution in [0.25, 0.3) is 0 Å². The summed E-state index contributed by atoms with van der Waals surface area (Å²) in [6.45, 7) is 6.32. The van der Waals surface area contributed by atoms with Gasteiger partial charge in [-0.3, -0.25) is 4.79 Å². The molecule has 0 spiro atoms. The molecule has 0 aliphatic heterocycles. The fraction of sp³-hybridized carbons (Fsp3) is 0.909. The largest absolute Gasteiger partial charge is 0.480 e. The molecule has 0 aromatic rings. The van der Waals surface area contributed by atoms with Gasteiger partial charge in [0.05, 0.1) is 0 Å². The zero-order chi connectivity index (χ0) is 10.7. The third-order valence-electron chi connectivity index (χ3n) is 2.82. The lowest BCUT2D eigenvalue weighted by Crippen LogP contribution is -2.49. The molecule has 1 fully saturated rings. The smallest absolute Gasteiger partial charge is 0.320 e. The van der Waals surface area contributed by atoms with Crippen molar-refractivity contribution in [1.82, 2.24) is 5.32 Å². The Balaban J connectivity index is 2.32. The molecule has 1 aliphatic rings. The van der Waals surface area contributed by atoms with E-state index in [0.29, 0.717) is 12.0 Å². The Kier molecular flexibility index (Phi) is 3.93. The summed E-state index contributed by atoms with van der Waals surface area (Å²) in [5, 5.41) is 12.2. The summed E-state index contributed by atoms with van der Waals surface area (Å²) >= 11 is 0. The van der Waals surface area contributed by atoms with Gasteiger partial charge in [0, 0.05) is 6.04 Å². The van der Waals surface area contributed by atoms with Crippen molar-refractivity contribution in [3.05, 3.63) is 0 Å². The van der Waals surface area contributed by atoms with Crippen LogP contribution in [-0.4, -0.2) is 23.2 Å². The average molecular weight is 199 g/mol. The van der Waals surface area contributed by atoms with E-state index in [1.165, 1.54) is 0 Å². The van der Waals surface area contributed by atoms with Crippen molar-refractivity contribution in [1.29, 1.82) is 0 Å². The topological polar surface area (TPSA) is 49.3 Å². The van der Waals surface area contributed by atoms with Crippen LogP contribution in [0.2, 0.25) is 0 Å². The van der Waals surface area contributed by atoms with Crippen molar-refractivity contribution >= 4 is 5.97 Å². The van der Waals surface area contributed by atoms with E-state index in [1.807, 2.05) is 0 Å². The lowest BCUT2D eigenvalue weighted by atomic mass is 9.81. The van der Waals surface area contributed by atoms with Gasteiger partial charge in [-0.1, -0.05) is 20.8 Å². The average Bonchev–Trinajstić information content (AvgIpc) is 1.99. The monoisotopic (exact) mass is 199 g/mol. The summed E-state index contributed by atoms with van der Waals surface area (Å²) in [6.07, 6.45) is 2.98. The molecule has 1 rings (SSSR count). The van der Waals surface area contributed by atoms with Crippen LogP contribution in [-0.2, 0) is 4.79 Å². The van der Waals surface area contributed by atoms with E-state index in [-0.39, 0.29) is 6.04 Å². The Morgan fingerprint density at radius 2 is 2.07 bits per heavy atom. The van der Waals surface area contributed by atoms with Crippen molar-refractivity contribution in [2.24, 2.45) is 11.8 Å². The second kappa shape index (κ2) is 4.78. The second-order valence-corrected chi connectivity index (χ2v) is 4.96. The number of hydrogen-bond donors (Lipinski definition) is 2. The molecule has 0 radical (unpaired) electrons. The van der Waals surface area contributed by atoms with Crippen LogP contribution < -0.4 is 5.32 Å². The zero-order valence-electron chi connectivity index (χ0n) is 9.29. The summed E-state index contributed by atoms with van der Waals surface area (Å²) in [7, 11) is 0. The van der Waals surface area contributed by atoms with E-state index in [9.17, 15) is 4.79 Å². The Labute approximate surface area is 85.9 Å². The van der Waals surface area contributed by atoms with Crippen molar-refractivity contribution in [2.75, 3.05) is 0 Å². The lowest BCUT2D eigenvalue weighted by Gasteiger charge is -2.35. The highest BCUT2D eigenvalue weighted by Crippen LogP contribution is 2.27. The van der Waals surface area contributed by atoms with Gasteiger partial charge in [-0.25, -0.2) is 0 Å². The lowest BCUT2D eigenvalue weighted by molar-refractivity contribution is -0.140. The predicted molar refractivity (Wildman–Crippen MR) is 56.2 cm³/mol. The molecule has 14 heavy (non-hydrogen) atoms. The fourth-order valence-electron chi connectivity index (χ4n) is 2.03. The predicted octanol–water partition coefficient (Wildman–Crippen LogP) is 1.87. The number of carboxylic acid groups (broad SMARTS) is 1. The standard InChI is InChI=1S/C11H21NO2/c1-7(2)4-10(11(13)14)12-9-5-8(3)6-9/h7-10,12H,4-6H2,1-3H3,(H,13,14). The van der Waals surface area contributed by atoms with Crippen LogP contribution in [0.15, 0.2) is 0 Å². The number of hydrogen-bond acceptors (Lipinski definition) is 2. The Bertz CT molecular complexity index is 197. The Morgan fingerprint density at radius 3 is 2.43 bits per heavy atom. The molecule has 3 nitrogen and oxygen atoms in total. The van der Waals surface area contributed by atoms with Crippen LogP contribution >= 0.6 is 0 Å². The van der Waals surface area contributed by atoms with Gasteiger partial charge in [0.25, 0.3) is 0 Å². The SMILES string of the molecule is CC(C)CC(NC1CC(C)C1)C(=O)O. The van der Waals surface area contributed by atoms with Crippen molar-refractivity contribution in [3.63, 3.8) is 0 Å². The molecular weight excluding hydrogens is 178 g/mol. The van der Waals surface area contributed by atoms with E-state index in [0.717, 1.165) is 25.2 Å². The van der Waals surface area contributed by atoms with Gasteiger partial charge in [0.1, 0.15) is 6.04 Å². The van der Waals surface area contributed by atoms with Crippen molar-refractivity contribution < 1.29 is 9.90 Å². The summed E-state index contributed by atoms with van der Waals surface area (Å²) in [5.74, 6) is 0.486. The van der Waals surface area contributed by atoms with Gasteiger partial charge < -0.3 is 10.4 Å². The minimum Gasteiger partial charge on any atom is -0.480 e. The molecule has 0 bridgehead atoms. The first-order valence-corrected chi connectivity index (χ1v) is 5.48. The van der Waals surface area contributed by atoms with E-state index in [2.05, 4.69) is 26.1 Å². The highest BCUT2D eigenvalue weighted by atomic mass is 16.4. The minimum absolute atomic E-state index is 0.354. The first-order chi connectivity index (χ1) is 6.49. The second-order valence-electron chi connectivity index (χ2n) is 4.96. The molecule has 0 heterocycles. The maximum Gasteiger partial charge on any atom is 0.320 e. The van der Waals surface area contributed by atoms with Crippen LogP contribution in [0.1, 0.15) is 40.0 Å². The molecule has 1 saturated carbocycles. The molecule has 0 saturated heterocycles. The van der Waals surface area contributed by atoms with Crippen LogP contribution in [0, 0.1) is 11.8 Å². The number of rotatable bonds is 5. The van der Waals surface area contributed by atoms with Gasteiger partial charge in [-0.2, -0.15) is 0 Å². The van der Waals surface area contributed by atoms with Crippen LogP contribution in [0.5, 0.6) is 0 Å². The summed E-state index contributed by atoms with van der Waals surface area (Å²) in [5.41, 5.74) is 0. The number of aliphatic carboxylic acids is 1. The Hall–Kier alpha value is -0.570. The highest BCUT2D eigenvalue weighted by molar-refractivity contribution is 5.73. The van der Waals surface area contributed by atoms with Gasteiger partial charge in [-0.05, 0) is 31.1 Å². The first-order valence-electron chi connectivity index (χ1n) is 5.48. The molecule has 0 amide bonds. The van der Waals surface area contributed by atoms with E-state index in [4.69, 9.17) is 5.11 Å². The van der Waals surface area contributed by atoms with Crippen molar-refractivity contribution in [2.45, 2.75) is 52.1 Å². The molecule has 2 N–H and O–H groups in total. The molecule has 1 unspecified atom stereocenters. The maximum absolute atomic E-state index is 10.9. The fourth-order valence-corrected chi connectivity index (χ4v) is 2.03. The summed E-state index contributed by atoms with van der Waals surface area (Å²) in [6, 6.07) is 0.0809. The van der Waals surface area contributed by atoms with Gasteiger partial charge in [-0.15, -0.1) is 0 Å². The van der Waals surface area contributed by atoms with Crippen LogP contribution in [0.3, 0.4) is 0 Å². The Morgan fingerprint density at radius 1 is 1.50 bits per heavy atom. The minimum atomic E-state index is -0.710. The number of nitrogens with one attached hydrogen (secondary N) is 1. The normalized spacial score (nSPS) is 28.6. The number of carbonyl (C=O) groups is 1. The summed E-state index contributed by atoms with van der Waals surface area (Å²) < 4.78 is 0. The third-order valence-corrected chi connectivity index (χ3v) is 2.82. The summed E-state index contributed by atoms with van der Waals surface area (Å²) in [4.78, 5) is 10.9. The van der Waals surface area contributed by atoms with Gasteiger partial charge >= 0.3 is 5.97 Å². The maximum atomic E-state index is 10.9. The van der Waals surface area contributed by atoms with Gasteiger partial charge in [0.15, 0.2) is 0 Å². The quantitative estimate of drug-likeness (QED) is 0.710. The number of carboxylic acids is 1. The van der Waals surface area contributed by atoms with E-state index >= 15 is 0 Å². The molecule has 3 heteroatoms. The molecule has 0 aromatic carbocycles. The molecule has 1 aliphatic carbocycles. The molecule has 1 atom stereocenters.